The van der Waals surface area contributed by atoms with Gasteiger partial charge in [-0.15, -0.1) is 0 Å². The third-order valence-corrected chi connectivity index (χ3v) is 2.72. The largest absolute Gasteiger partial charge is 0.417 e. The van der Waals surface area contributed by atoms with E-state index in [9.17, 15) is 9.59 Å². The second-order valence-electron chi connectivity index (χ2n) is 4.73. The van der Waals surface area contributed by atoms with Crippen molar-refractivity contribution in [3.63, 3.8) is 0 Å². The van der Waals surface area contributed by atoms with E-state index < -0.39 is 6.09 Å². The molecule has 6 heteroatoms. The van der Waals surface area contributed by atoms with Gasteiger partial charge < -0.3 is 15.0 Å². The van der Waals surface area contributed by atoms with Gasteiger partial charge in [0.15, 0.2) is 0 Å². The minimum atomic E-state index is -0.595. The monoisotopic (exact) mass is 299 g/mol. The van der Waals surface area contributed by atoms with Crippen molar-refractivity contribution in [1.29, 1.82) is 0 Å². The Balaban J connectivity index is 1.98. The van der Waals surface area contributed by atoms with Gasteiger partial charge in [0.1, 0.15) is 5.75 Å². The number of nitrogens with zero attached hydrogens (tertiary/aromatic N) is 1. The number of hydrogen-bond donors (Lipinski definition) is 2. The second-order valence-corrected chi connectivity index (χ2v) is 4.73. The van der Waals surface area contributed by atoms with Gasteiger partial charge in [-0.3, -0.25) is 5.32 Å². The molecule has 0 unspecified atom stereocenters. The zero-order valence-electron chi connectivity index (χ0n) is 12.4. The molecule has 0 saturated carbocycles. The molecule has 2 N–H and O–H groups in total. The summed E-state index contributed by atoms with van der Waals surface area (Å²) >= 11 is 0. The van der Waals surface area contributed by atoms with Crippen LogP contribution in [0.15, 0.2) is 54.6 Å². The molecule has 0 fully saturated rings. The smallest absolute Gasteiger partial charge is 0.410 e. The Morgan fingerprint density at radius 1 is 0.909 bits per heavy atom. The number of para-hydroxylation sites is 1. The number of carbonyl (C=O) groups excluding carboxylic acids is 2. The molecule has 0 aromatic heterocycles. The highest BCUT2D eigenvalue weighted by atomic mass is 16.6. The molecule has 2 aromatic rings. The fraction of sp³-hybridized carbons (Fsp3) is 0.125. The van der Waals surface area contributed by atoms with Crippen LogP contribution in [-0.4, -0.2) is 31.1 Å². The number of anilines is 2. The minimum absolute atomic E-state index is 0.258. The summed E-state index contributed by atoms with van der Waals surface area (Å²) in [7, 11) is 3.28. The van der Waals surface area contributed by atoms with Gasteiger partial charge in [0.05, 0.1) is 0 Å². The van der Waals surface area contributed by atoms with Crippen molar-refractivity contribution in [1.82, 2.24) is 4.90 Å². The van der Waals surface area contributed by atoms with E-state index in [2.05, 4.69) is 10.6 Å². The van der Waals surface area contributed by atoms with E-state index >= 15 is 0 Å². The van der Waals surface area contributed by atoms with Crippen molar-refractivity contribution < 1.29 is 14.3 Å². The molecule has 6 nitrogen and oxygen atoms in total. The van der Waals surface area contributed by atoms with E-state index in [-0.39, 0.29) is 6.03 Å². The highest BCUT2D eigenvalue weighted by molar-refractivity contribution is 5.89. The lowest BCUT2D eigenvalue weighted by atomic mass is 10.3. The molecule has 3 amide bonds. The van der Waals surface area contributed by atoms with Gasteiger partial charge in [0.2, 0.25) is 0 Å². The Morgan fingerprint density at radius 3 is 2.27 bits per heavy atom. The molecule has 2 aromatic carbocycles. The Kier molecular flexibility index (Phi) is 4.98. The third kappa shape index (κ3) is 4.52. The zero-order valence-corrected chi connectivity index (χ0v) is 12.4. The zero-order chi connectivity index (χ0) is 15.9. The first kappa shape index (κ1) is 15.4. The number of urea groups is 1. The lowest BCUT2D eigenvalue weighted by Crippen LogP contribution is -2.27. The summed E-state index contributed by atoms with van der Waals surface area (Å²) in [6.45, 7) is 0. The number of amides is 3. The molecule has 0 aliphatic heterocycles. The summed E-state index contributed by atoms with van der Waals surface area (Å²) in [5.41, 5.74) is 1.19. The predicted molar refractivity (Wildman–Crippen MR) is 85.2 cm³/mol. The van der Waals surface area contributed by atoms with Gasteiger partial charge in [-0.1, -0.05) is 24.3 Å². The Morgan fingerprint density at radius 2 is 1.59 bits per heavy atom. The minimum Gasteiger partial charge on any atom is -0.410 e. The van der Waals surface area contributed by atoms with Crippen molar-refractivity contribution in [3.8, 4) is 5.75 Å². The van der Waals surface area contributed by atoms with Gasteiger partial charge in [-0.2, -0.15) is 0 Å². The summed E-state index contributed by atoms with van der Waals surface area (Å²) in [6, 6.07) is 15.4. The number of carbonyl (C=O) groups is 2. The van der Waals surface area contributed by atoms with Crippen LogP contribution in [-0.2, 0) is 0 Å². The van der Waals surface area contributed by atoms with E-state index in [1.54, 1.807) is 50.5 Å². The highest BCUT2D eigenvalue weighted by Gasteiger charge is 2.07. The second kappa shape index (κ2) is 7.12. The van der Waals surface area contributed by atoms with Crippen molar-refractivity contribution in [2.24, 2.45) is 0 Å². The summed E-state index contributed by atoms with van der Waals surface area (Å²) in [6.07, 6.45) is -0.595. The average Bonchev–Trinajstić information content (AvgIpc) is 2.48. The van der Waals surface area contributed by atoms with Crippen LogP contribution in [0.2, 0.25) is 0 Å². The SMILES string of the molecule is CN(C)C(=O)Nc1cccc(OC(=O)Nc2ccccc2)c1. The van der Waals surface area contributed by atoms with E-state index in [1.165, 1.54) is 4.90 Å². The Hall–Kier alpha value is -3.02. The number of ether oxygens (including phenoxy) is 1. The van der Waals surface area contributed by atoms with Crippen LogP contribution in [0.1, 0.15) is 0 Å². The summed E-state index contributed by atoms with van der Waals surface area (Å²) in [4.78, 5) is 24.8. The highest BCUT2D eigenvalue weighted by Crippen LogP contribution is 2.18. The van der Waals surface area contributed by atoms with E-state index in [0.29, 0.717) is 17.1 Å². The van der Waals surface area contributed by atoms with E-state index in [0.717, 1.165) is 0 Å². The summed E-state index contributed by atoms with van der Waals surface area (Å²) < 4.78 is 5.19. The number of hydrogen-bond acceptors (Lipinski definition) is 3. The molecule has 0 heterocycles. The van der Waals surface area contributed by atoms with Gasteiger partial charge >= 0.3 is 12.1 Å². The van der Waals surface area contributed by atoms with Gasteiger partial charge in [0.25, 0.3) is 0 Å². The van der Waals surface area contributed by atoms with Crippen molar-refractivity contribution in [3.05, 3.63) is 54.6 Å². The molecule has 0 atom stereocenters. The number of rotatable bonds is 3. The quantitative estimate of drug-likeness (QED) is 0.912. The van der Waals surface area contributed by atoms with Crippen LogP contribution in [0.3, 0.4) is 0 Å². The fourth-order valence-corrected chi connectivity index (χ4v) is 1.64. The first-order chi connectivity index (χ1) is 10.5. The summed E-state index contributed by atoms with van der Waals surface area (Å²) in [5.74, 6) is 0.338. The molecule has 114 valence electrons. The Labute approximate surface area is 128 Å². The molecule has 2 rings (SSSR count). The maximum atomic E-state index is 11.8. The molecule has 0 aliphatic carbocycles. The maximum absolute atomic E-state index is 11.8. The van der Waals surface area contributed by atoms with E-state index in [1.807, 2.05) is 18.2 Å². The molecule has 22 heavy (non-hydrogen) atoms. The van der Waals surface area contributed by atoms with Gasteiger partial charge in [-0.25, -0.2) is 9.59 Å². The molecule has 0 bridgehead atoms. The molecular weight excluding hydrogens is 282 g/mol. The predicted octanol–water partition coefficient (Wildman–Crippen LogP) is 3.39. The average molecular weight is 299 g/mol. The molecule has 0 aliphatic rings. The van der Waals surface area contributed by atoms with Gasteiger partial charge in [-0.05, 0) is 24.3 Å². The number of benzene rings is 2. The first-order valence-corrected chi connectivity index (χ1v) is 6.67. The molecular formula is C16H17N3O3. The van der Waals surface area contributed by atoms with Gasteiger partial charge in [0, 0.05) is 31.5 Å². The Bertz CT molecular complexity index is 657. The van der Waals surface area contributed by atoms with Crippen LogP contribution in [0.5, 0.6) is 5.75 Å². The van der Waals surface area contributed by atoms with Crippen molar-refractivity contribution in [2.75, 3.05) is 24.7 Å². The standard InChI is InChI=1S/C16H17N3O3/c1-19(2)15(20)17-13-9-6-10-14(11-13)22-16(21)18-12-7-4-3-5-8-12/h3-11H,1-2H3,(H,17,20)(H,18,21). The molecule has 0 radical (unpaired) electrons. The van der Waals surface area contributed by atoms with Crippen molar-refractivity contribution in [2.45, 2.75) is 0 Å². The summed E-state index contributed by atoms with van der Waals surface area (Å²) in [5, 5.41) is 5.29. The number of nitrogens with one attached hydrogen (secondary N) is 2. The normalized spacial score (nSPS) is 9.73. The molecule has 0 saturated heterocycles. The third-order valence-electron chi connectivity index (χ3n) is 2.72. The fourth-order valence-electron chi connectivity index (χ4n) is 1.64. The van der Waals surface area contributed by atoms with Crippen LogP contribution >= 0.6 is 0 Å². The van der Waals surface area contributed by atoms with Crippen LogP contribution in [0.25, 0.3) is 0 Å². The van der Waals surface area contributed by atoms with E-state index in [4.69, 9.17) is 4.74 Å². The topological polar surface area (TPSA) is 70.7 Å². The lowest BCUT2D eigenvalue weighted by Gasteiger charge is -2.12. The van der Waals surface area contributed by atoms with Crippen LogP contribution in [0, 0.1) is 0 Å². The lowest BCUT2D eigenvalue weighted by molar-refractivity contribution is 0.215. The first-order valence-electron chi connectivity index (χ1n) is 6.67. The maximum Gasteiger partial charge on any atom is 0.417 e. The molecule has 0 spiro atoms. The van der Waals surface area contributed by atoms with Crippen LogP contribution < -0.4 is 15.4 Å². The van der Waals surface area contributed by atoms with Crippen molar-refractivity contribution >= 4 is 23.5 Å². The van der Waals surface area contributed by atoms with Crippen LogP contribution in [0.4, 0.5) is 21.0 Å².